The summed E-state index contributed by atoms with van der Waals surface area (Å²) in [6.45, 7) is 1.61. The molecule has 2 fully saturated rings. The lowest BCUT2D eigenvalue weighted by molar-refractivity contribution is 0.00341. The smallest absolute Gasteiger partial charge is 0.359 e. The van der Waals surface area contributed by atoms with E-state index in [1.807, 2.05) is 0 Å². The fourth-order valence-corrected chi connectivity index (χ4v) is 14.2. The summed E-state index contributed by atoms with van der Waals surface area (Å²) in [5.41, 5.74) is 18.7. The molecule has 0 radical (unpaired) electrons. The van der Waals surface area contributed by atoms with Gasteiger partial charge in [-0.3, -0.25) is 0 Å². The summed E-state index contributed by atoms with van der Waals surface area (Å²) in [6, 6.07) is 0. The van der Waals surface area contributed by atoms with Gasteiger partial charge in [-0.25, -0.2) is 33.7 Å². The van der Waals surface area contributed by atoms with Crippen LogP contribution in [0.3, 0.4) is 0 Å². The molecule has 0 aromatic rings. The SMILES string of the molecule is CCCC(CCS(=O)(=O)C(=[N+]=[N-])S(=O)(=O)C1CCCCC1)S(=O)(=O)C(=[N+]=[N-])S(=O)(=O)C1CCCCC1. The number of sulfone groups is 4. The van der Waals surface area contributed by atoms with Crippen LogP contribution in [-0.2, 0) is 39.3 Å². The molecule has 0 amide bonds. The van der Waals surface area contributed by atoms with Crippen LogP contribution in [0.4, 0.5) is 0 Å². The molecule has 2 aliphatic rings. The van der Waals surface area contributed by atoms with E-state index in [4.69, 9.17) is 0 Å². The molecule has 1 unspecified atom stereocenters. The predicted octanol–water partition coefficient (Wildman–Crippen LogP) is 2.04. The highest BCUT2D eigenvalue weighted by atomic mass is 32.3. The first-order valence-corrected chi connectivity index (χ1v) is 18.4. The molecule has 0 saturated heterocycles. The fraction of sp³-hybridized carbons (Fsp3) is 0.900. The van der Waals surface area contributed by atoms with Gasteiger partial charge in [0.1, 0.15) is 0 Å². The van der Waals surface area contributed by atoms with Crippen LogP contribution in [0, 0.1) is 0 Å². The molecular formula is C20H34N4O8S4. The summed E-state index contributed by atoms with van der Waals surface area (Å²) in [5, 5.41) is -3.61. The summed E-state index contributed by atoms with van der Waals surface area (Å²) in [5.74, 6) is -1.01. The molecule has 36 heavy (non-hydrogen) atoms. The van der Waals surface area contributed by atoms with Crippen LogP contribution >= 0.6 is 0 Å². The highest BCUT2D eigenvalue weighted by molar-refractivity contribution is 8.32. The van der Waals surface area contributed by atoms with Crippen LogP contribution in [0.25, 0.3) is 11.1 Å². The molecule has 0 aromatic heterocycles. The van der Waals surface area contributed by atoms with Gasteiger partial charge >= 0.3 is 8.75 Å². The lowest BCUT2D eigenvalue weighted by Crippen LogP contribution is -2.41. The van der Waals surface area contributed by atoms with E-state index in [-0.39, 0.29) is 38.5 Å². The Morgan fingerprint density at radius 3 is 1.50 bits per heavy atom. The lowest BCUT2D eigenvalue weighted by atomic mass is 10.0. The average Bonchev–Trinajstić information content (AvgIpc) is 2.83. The van der Waals surface area contributed by atoms with E-state index in [9.17, 15) is 44.7 Å². The van der Waals surface area contributed by atoms with Gasteiger partial charge in [0, 0.05) is 0 Å². The maximum atomic E-state index is 13.3. The molecule has 0 heterocycles. The predicted molar refractivity (Wildman–Crippen MR) is 135 cm³/mol. The Labute approximate surface area is 213 Å². The molecule has 0 bridgehead atoms. The molecule has 0 aromatic carbocycles. The lowest BCUT2D eigenvalue weighted by Gasteiger charge is -2.21. The van der Waals surface area contributed by atoms with E-state index in [2.05, 4.69) is 9.58 Å². The zero-order chi connectivity index (χ0) is 27.2. The quantitative estimate of drug-likeness (QED) is 0.177. The highest BCUT2D eigenvalue weighted by Gasteiger charge is 2.51. The van der Waals surface area contributed by atoms with Crippen molar-refractivity contribution in [1.82, 2.24) is 0 Å². The van der Waals surface area contributed by atoms with Crippen molar-refractivity contribution >= 4 is 48.1 Å². The number of nitrogens with zero attached hydrogens (tertiary/aromatic N) is 4. The Morgan fingerprint density at radius 2 is 1.11 bits per heavy atom. The zero-order valence-electron chi connectivity index (χ0n) is 20.3. The van der Waals surface area contributed by atoms with E-state index in [0.29, 0.717) is 25.7 Å². The first-order chi connectivity index (χ1) is 16.8. The van der Waals surface area contributed by atoms with Gasteiger partial charge in [0.25, 0.3) is 39.3 Å². The van der Waals surface area contributed by atoms with Crippen LogP contribution in [-0.4, -0.2) is 73.5 Å². The van der Waals surface area contributed by atoms with Crippen molar-refractivity contribution in [1.29, 1.82) is 0 Å². The molecule has 0 spiro atoms. The average molecular weight is 587 g/mol. The third kappa shape index (κ3) is 6.70. The first kappa shape index (κ1) is 30.8. The minimum Gasteiger partial charge on any atom is -0.359 e. The van der Waals surface area contributed by atoms with Gasteiger partial charge in [0.15, 0.2) is 0 Å². The molecule has 12 nitrogen and oxygen atoms in total. The Balaban J connectivity index is 2.34. The Kier molecular flexibility index (Phi) is 10.6. The molecule has 0 aliphatic heterocycles. The standard InChI is InChI=1S/C20H34N4O8S4/c1-2-9-16(35(29,30)20(24-22)36(31,32)18-12-7-4-8-13-18)14-15-33(25,26)19(23-21)34(27,28)17-10-5-3-6-11-17/h16-18H,2-15H2,1H3. The molecule has 2 saturated carbocycles. The van der Waals surface area contributed by atoms with Gasteiger partial charge in [-0.2, -0.15) is 0 Å². The molecule has 16 heteroatoms. The maximum absolute atomic E-state index is 13.3. The summed E-state index contributed by atoms with van der Waals surface area (Å²) in [7, 11) is -18.5. The summed E-state index contributed by atoms with van der Waals surface area (Å²) in [4.78, 5) is 5.21. The van der Waals surface area contributed by atoms with Crippen molar-refractivity contribution in [3.8, 4) is 0 Å². The summed E-state index contributed by atoms with van der Waals surface area (Å²) < 4.78 is 101. The largest absolute Gasteiger partial charge is 0.495 e. The van der Waals surface area contributed by atoms with E-state index >= 15 is 0 Å². The van der Waals surface area contributed by atoms with E-state index < -0.39 is 76.0 Å². The second kappa shape index (κ2) is 12.4. The van der Waals surface area contributed by atoms with Gasteiger partial charge in [-0.05, 0) is 38.5 Å². The van der Waals surface area contributed by atoms with Gasteiger partial charge in [0.2, 0.25) is 0 Å². The molecular weight excluding hydrogens is 553 g/mol. The second-order valence-electron chi connectivity index (χ2n) is 9.41. The van der Waals surface area contributed by atoms with Gasteiger partial charge < -0.3 is 11.1 Å². The minimum atomic E-state index is -4.80. The van der Waals surface area contributed by atoms with Crippen molar-refractivity contribution < 1.29 is 43.3 Å². The Morgan fingerprint density at radius 1 is 0.694 bits per heavy atom. The van der Waals surface area contributed by atoms with Crippen LogP contribution in [0.2, 0.25) is 0 Å². The highest BCUT2D eigenvalue weighted by Crippen LogP contribution is 2.29. The van der Waals surface area contributed by atoms with Crippen LogP contribution in [0.15, 0.2) is 0 Å². The van der Waals surface area contributed by atoms with Crippen molar-refractivity contribution in [3.05, 3.63) is 11.1 Å². The van der Waals surface area contributed by atoms with Crippen molar-refractivity contribution in [2.24, 2.45) is 0 Å². The number of rotatable bonds is 8. The van der Waals surface area contributed by atoms with Crippen LogP contribution < -0.4 is 0 Å². The van der Waals surface area contributed by atoms with E-state index in [0.717, 1.165) is 12.8 Å². The monoisotopic (exact) mass is 586 g/mol. The maximum Gasteiger partial charge on any atom is 0.495 e. The number of hydrogen-bond acceptors (Lipinski definition) is 8. The minimum absolute atomic E-state index is 0.155. The normalized spacial score (nSPS) is 19.7. The third-order valence-electron chi connectivity index (χ3n) is 6.90. The Hall–Kier alpha value is -1.44. The van der Waals surface area contributed by atoms with Gasteiger partial charge in [0.05, 0.1) is 21.5 Å². The van der Waals surface area contributed by atoms with Gasteiger partial charge in [-0.1, -0.05) is 51.9 Å². The topological polar surface area (TPSA) is 209 Å². The van der Waals surface area contributed by atoms with Crippen LogP contribution in [0.1, 0.15) is 90.4 Å². The molecule has 0 N–H and O–H groups in total. The van der Waals surface area contributed by atoms with Crippen LogP contribution in [0.5, 0.6) is 0 Å². The fourth-order valence-electron chi connectivity index (χ4n) is 4.90. The molecule has 2 aliphatic carbocycles. The van der Waals surface area contributed by atoms with Gasteiger partial charge in [-0.15, -0.1) is 9.58 Å². The second-order valence-corrected chi connectivity index (χ2v) is 18.4. The molecule has 2 rings (SSSR count). The first-order valence-electron chi connectivity index (χ1n) is 12.1. The van der Waals surface area contributed by atoms with Crippen molar-refractivity contribution in [2.75, 3.05) is 5.75 Å². The Bertz CT molecular complexity index is 1330. The third-order valence-corrected chi connectivity index (χ3v) is 16.9. The van der Waals surface area contributed by atoms with E-state index in [1.165, 1.54) is 0 Å². The molecule has 1 atom stereocenters. The van der Waals surface area contributed by atoms with Crippen molar-refractivity contribution in [2.45, 2.75) is 106 Å². The number of hydrogen-bond donors (Lipinski definition) is 0. The zero-order valence-corrected chi connectivity index (χ0v) is 23.6. The van der Waals surface area contributed by atoms with Crippen molar-refractivity contribution in [3.63, 3.8) is 0 Å². The summed E-state index contributed by atoms with van der Waals surface area (Å²) >= 11 is 0. The summed E-state index contributed by atoms with van der Waals surface area (Å²) in [6.07, 6.45) is 4.23. The molecule has 206 valence electrons. The van der Waals surface area contributed by atoms with E-state index in [1.54, 1.807) is 6.92 Å².